The van der Waals surface area contributed by atoms with Gasteiger partial charge in [-0.1, -0.05) is 44.2 Å². The van der Waals surface area contributed by atoms with Gasteiger partial charge in [-0.25, -0.2) is 0 Å². The molecule has 0 unspecified atom stereocenters. The second-order valence-electron chi connectivity index (χ2n) is 6.14. The Hall–Kier alpha value is -1.31. The molecule has 0 saturated heterocycles. The lowest BCUT2D eigenvalue weighted by atomic mass is 9.79. The highest BCUT2D eigenvalue weighted by molar-refractivity contribution is 5.81. The predicted octanol–water partition coefficient (Wildman–Crippen LogP) is 3.27. The van der Waals surface area contributed by atoms with Crippen molar-refractivity contribution in [3.05, 3.63) is 35.9 Å². The molecule has 0 radical (unpaired) electrons. The Morgan fingerprint density at radius 1 is 1.33 bits per heavy atom. The summed E-state index contributed by atoms with van der Waals surface area (Å²) < 4.78 is 0. The van der Waals surface area contributed by atoms with Crippen molar-refractivity contribution in [1.82, 2.24) is 5.32 Å². The Balaban J connectivity index is 1.92. The minimum atomic E-state index is 0.0947. The van der Waals surface area contributed by atoms with Gasteiger partial charge in [0.15, 0.2) is 0 Å². The smallest absolute Gasteiger partial charge is 0.223 e. The minimum Gasteiger partial charge on any atom is -0.353 e. The fourth-order valence-corrected chi connectivity index (χ4v) is 2.53. The minimum absolute atomic E-state index is 0.0947. The van der Waals surface area contributed by atoms with Gasteiger partial charge in [0.05, 0.1) is 0 Å². The molecule has 2 nitrogen and oxygen atoms in total. The number of carbonyl (C=O) groups excluding carboxylic acids is 1. The molecule has 0 spiro atoms. The molecule has 1 atom stereocenters. The number of benzene rings is 1. The highest BCUT2D eigenvalue weighted by Gasteiger charge is 2.31. The van der Waals surface area contributed by atoms with E-state index in [1.165, 1.54) is 5.56 Å². The molecule has 1 amide bonds. The van der Waals surface area contributed by atoms with E-state index in [4.69, 9.17) is 0 Å². The van der Waals surface area contributed by atoms with Crippen molar-refractivity contribution in [1.29, 1.82) is 0 Å². The van der Waals surface area contributed by atoms with Crippen LogP contribution in [0, 0.1) is 5.92 Å². The average Bonchev–Trinajstić information content (AvgIpc) is 3.13. The number of rotatable bonds is 5. The molecule has 0 heterocycles. The van der Waals surface area contributed by atoms with E-state index in [9.17, 15) is 4.79 Å². The van der Waals surface area contributed by atoms with Crippen molar-refractivity contribution < 1.29 is 4.79 Å². The standard InChI is InChI=1S/C16H23NO/c1-12(17-15(18)13-9-10-13)11-16(2,3)14-7-5-4-6-8-14/h4-8,12-13H,9-11H2,1-3H3,(H,17,18)/t12-/m0/s1. The molecule has 98 valence electrons. The lowest BCUT2D eigenvalue weighted by Crippen LogP contribution is -2.38. The van der Waals surface area contributed by atoms with Crippen LogP contribution in [0.2, 0.25) is 0 Å². The van der Waals surface area contributed by atoms with Crippen molar-refractivity contribution in [2.24, 2.45) is 5.92 Å². The SMILES string of the molecule is C[C@@H](CC(C)(C)c1ccccc1)NC(=O)C1CC1. The molecular weight excluding hydrogens is 222 g/mol. The second-order valence-corrected chi connectivity index (χ2v) is 6.14. The summed E-state index contributed by atoms with van der Waals surface area (Å²) in [6.45, 7) is 6.58. The maximum atomic E-state index is 11.7. The van der Waals surface area contributed by atoms with E-state index in [1.807, 2.05) is 6.07 Å². The summed E-state index contributed by atoms with van der Waals surface area (Å²) in [4.78, 5) is 11.7. The van der Waals surface area contributed by atoms with Gasteiger partial charge in [-0.3, -0.25) is 4.79 Å². The first-order chi connectivity index (χ1) is 8.49. The molecule has 1 aromatic carbocycles. The topological polar surface area (TPSA) is 29.1 Å². The zero-order valence-corrected chi connectivity index (χ0v) is 11.6. The summed E-state index contributed by atoms with van der Waals surface area (Å²) in [7, 11) is 0. The Morgan fingerprint density at radius 2 is 1.94 bits per heavy atom. The van der Waals surface area contributed by atoms with Crippen LogP contribution >= 0.6 is 0 Å². The molecule has 18 heavy (non-hydrogen) atoms. The van der Waals surface area contributed by atoms with Gasteiger partial charge in [0.1, 0.15) is 0 Å². The average molecular weight is 245 g/mol. The highest BCUT2D eigenvalue weighted by Crippen LogP contribution is 2.31. The van der Waals surface area contributed by atoms with Gasteiger partial charge in [-0.05, 0) is 37.2 Å². The molecule has 1 aromatic rings. The summed E-state index contributed by atoms with van der Waals surface area (Å²) in [6, 6.07) is 10.7. The van der Waals surface area contributed by atoms with Gasteiger partial charge >= 0.3 is 0 Å². The Bertz CT molecular complexity index is 406. The Kier molecular flexibility index (Phi) is 3.74. The second kappa shape index (κ2) is 5.13. The van der Waals surface area contributed by atoms with E-state index < -0.39 is 0 Å². The van der Waals surface area contributed by atoms with Crippen LogP contribution in [-0.2, 0) is 10.2 Å². The molecule has 1 aliphatic carbocycles. The molecule has 1 N–H and O–H groups in total. The molecule has 0 aliphatic heterocycles. The van der Waals surface area contributed by atoms with E-state index in [1.54, 1.807) is 0 Å². The Labute approximate surface area is 110 Å². The summed E-state index contributed by atoms with van der Waals surface area (Å²) >= 11 is 0. The van der Waals surface area contributed by atoms with Crippen LogP contribution in [0.5, 0.6) is 0 Å². The Morgan fingerprint density at radius 3 is 2.50 bits per heavy atom. The van der Waals surface area contributed by atoms with E-state index in [-0.39, 0.29) is 17.4 Å². The van der Waals surface area contributed by atoms with Crippen LogP contribution in [0.3, 0.4) is 0 Å². The first kappa shape index (κ1) is 13.1. The quantitative estimate of drug-likeness (QED) is 0.847. The largest absolute Gasteiger partial charge is 0.353 e. The first-order valence-corrected chi connectivity index (χ1v) is 6.85. The summed E-state index contributed by atoms with van der Waals surface area (Å²) in [5.41, 5.74) is 1.43. The lowest BCUT2D eigenvalue weighted by Gasteiger charge is -2.29. The number of carbonyl (C=O) groups is 1. The zero-order valence-electron chi connectivity index (χ0n) is 11.6. The van der Waals surface area contributed by atoms with Gasteiger partial charge in [-0.15, -0.1) is 0 Å². The van der Waals surface area contributed by atoms with Crippen LogP contribution in [-0.4, -0.2) is 11.9 Å². The molecule has 0 bridgehead atoms. The summed E-state index contributed by atoms with van der Waals surface area (Å²) in [6.07, 6.45) is 3.11. The van der Waals surface area contributed by atoms with Crippen LogP contribution in [0.4, 0.5) is 0 Å². The van der Waals surface area contributed by atoms with Crippen LogP contribution in [0.1, 0.15) is 45.6 Å². The van der Waals surface area contributed by atoms with Crippen LogP contribution in [0.15, 0.2) is 30.3 Å². The normalized spacial score (nSPS) is 17.3. The fourth-order valence-electron chi connectivity index (χ4n) is 2.53. The third-order valence-corrected chi connectivity index (χ3v) is 3.71. The lowest BCUT2D eigenvalue weighted by molar-refractivity contribution is -0.123. The maximum Gasteiger partial charge on any atom is 0.223 e. The van der Waals surface area contributed by atoms with Crippen molar-refractivity contribution in [2.45, 2.75) is 51.5 Å². The molecular formula is C16H23NO. The predicted molar refractivity (Wildman–Crippen MR) is 74.4 cm³/mol. The third kappa shape index (κ3) is 3.34. The number of nitrogens with one attached hydrogen (secondary N) is 1. The van der Waals surface area contributed by atoms with Crippen molar-refractivity contribution in [3.8, 4) is 0 Å². The summed E-state index contributed by atoms with van der Waals surface area (Å²) in [5, 5.41) is 3.13. The first-order valence-electron chi connectivity index (χ1n) is 6.85. The molecule has 1 fully saturated rings. The van der Waals surface area contributed by atoms with Crippen molar-refractivity contribution in [2.75, 3.05) is 0 Å². The van der Waals surface area contributed by atoms with E-state index in [0.29, 0.717) is 5.92 Å². The molecule has 1 aliphatic rings. The number of amides is 1. The molecule has 2 heteroatoms. The monoisotopic (exact) mass is 245 g/mol. The van der Waals surface area contributed by atoms with Crippen LogP contribution in [0.25, 0.3) is 0 Å². The van der Waals surface area contributed by atoms with E-state index in [0.717, 1.165) is 19.3 Å². The van der Waals surface area contributed by atoms with Gasteiger partial charge in [0, 0.05) is 12.0 Å². The van der Waals surface area contributed by atoms with Gasteiger partial charge in [-0.2, -0.15) is 0 Å². The third-order valence-electron chi connectivity index (χ3n) is 3.71. The molecule has 0 aromatic heterocycles. The zero-order chi connectivity index (χ0) is 13.2. The van der Waals surface area contributed by atoms with Crippen LogP contribution < -0.4 is 5.32 Å². The van der Waals surface area contributed by atoms with Gasteiger partial charge in [0.25, 0.3) is 0 Å². The number of hydrogen-bond acceptors (Lipinski definition) is 1. The number of hydrogen-bond donors (Lipinski definition) is 1. The fraction of sp³-hybridized carbons (Fsp3) is 0.562. The summed E-state index contributed by atoms with van der Waals surface area (Å²) in [5.74, 6) is 0.540. The van der Waals surface area contributed by atoms with Crippen molar-refractivity contribution >= 4 is 5.91 Å². The highest BCUT2D eigenvalue weighted by atomic mass is 16.2. The van der Waals surface area contributed by atoms with E-state index >= 15 is 0 Å². The van der Waals surface area contributed by atoms with Crippen molar-refractivity contribution in [3.63, 3.8) is 0 Å². The van der Waals surface area contributed by atoms with Gasteiger partial charge in [0.2, 0.25) is 5.91 Å². The maximum absolute atomic E-state index is 11.7. The van der Waals surface area contributed by atoms with E-state index in [2.05, 4.69) is 50.4 Å². The molecule has 1 saturated carbocycles. The molecule has 2 rings (SSSR count). The van der Waals surface area contributed by atoms with Gasteiger partial charge < -0.3 is 5.32 Å².